The lowest BCUT2D eigenvalue weighted by molar-refractivity contribution is -0.138. The van der Waals surface area contributed by atoms with E-state index in [-0.39, 0.29) is 24.6 Å². The Bertz CT molecular complexity index is 1470. The van der Waals surface area contributed by atoms with Crippen LogP contribution in [0.3, 0.4) is 0 Å². The van der Waals surface area contributed by atoms with Crippen molar-refractivity contribution in [2.75, 3.05) is 45.2 Å². The molecule has 4 aromatic rings. The minimum atomic E-state index is -4.54. The molecule has 0 aliphatic carbocycles. The molecule has 5 rings (SSSR count). The summed E-state index contributed by atoms with van der Waals surface area (Å²) in [4.78, 5) is 13.6. The monoisotopic (exact) mass is 541 g/mol. The molecule has 2 aromatic carbocycles. The van der Waals surface area contributed by atoms with Crippen LogP contribution in [0.15, 0.2) is 42.6 Å². The van der Waals surface area contributed by atoms with Gasteiger partial charge >= 0.3 is 6.18 Å². The van der Waals surface area contributed by atoms with Gasteiger partial charge in [-0.1, -0.05) is 12.1 Å². The Morgan fingerprint density at radius 1 is 1.03 bits per heavy atom. The van der Waals surface area contributed by atoms with Crippen molar-refractivity contribution in [1.82, 2.24) is 19.3 Å². The minimum Gasteiger partial charge on any atom is -0.493 e. The summed E-state index contributed by atoms with van der Waals surface area (Å²) in [5, 5.41) is 0. The zero-order valence-corrected chi connectivity index (χ0v) is 22.9. The second-order valence-corrected chi connectivity index (χ2v) is 10.6. The van der Waals surface area contributed by atoms with Crippen LogP contribution in [0, 0.1) is 6.92 Å². The quantitative estimate of drug-likeness (QED) is 0.275. The van der Waals surface area contributed by atoms with Crippen LogP contribution in [0.4, 0.5) is 19.1 Å². The van der Waals surface area contributed by atoms with Gasteiger partial charge in [-0.15, -0.1) is 0 Å². The SMILES string of the molecule is Cc1nc(N2C[C@@H](C)O[C@@H](C)C2)n2c1cnc1ccc(-c3ccc(OCCCN(C)C)c(C(F)(F)F)c3)cc12. The van der Waals surface area contributed by atoms with Crippen LogP contribution in [0.2, 0.25) is 0 Å². The number of halogens is 3. The van der Waals surface area contributed by atoms with Crippen molar-refractivity contribution in [3.05, 3.63) is 53.9 Å². The van der Waals surface area contributed by atoms with Gasteiger partial charge in [0, 0.05) is 19.6 Å². The summed E-state index contributed by atoms with van der Waals surface area (Å²) in [6.07, 6.45) is -2.01. The maximum atomic E-state index is 14.0. The van der Waals surface area contributed by atoms with E-state index in [1.807, 2.05) is 51.9 Å². The van der Waals surface area contributed by atoms with Gasteiger partial charge in [0.25, 0.3) is 0 Å². The molecular formula is C29H34F3N5O2. The van der Waals surface area contributed by atoms with Crippen LogP contribution in [0.5, 0.6) is 5.75 Å². The van der Waals surface area contributed by atoms with E-state index in [0.717, 1.165) is 34.7 Å². The predicted octanol–water partition coefficient (Wildman–Crippen LogP) is 5.82. The molecule has 0 amide bonds. The highest BCUT2D eigenvalue weighted by molar-refractivity contribution is 5.86. The van der Waals surface area contributed by atoms with Gasteiger partial charge in [0.2, 0.25) is 5.95 Å². The number of aromatic nitrogens is 3. The third-order valence-electron chi connectivity index (χ3n) is 6.95. The highest BCUT2D eigenvalue weighted by Gasteiger charge is 2.35. The molecule has 208 valence electrons. The van der Waals surface area contributed by atoms with Crippen LogP contribution in [0.25, 0.3) is 27.7 Å². The van der Waals surface area contributed by atoms with E-state index in [2.05, 4.69) is 14.3 Å². The van der Waals surface area contributed by atoms with Gasteiger partial charge < -0.3 is 19.3 Å². The normalized spacial score (nSPS) is 18.4. The van der Waals surface area contributed by atoms with Gasteiger partial charge in [-0.25, -0.2) is 4.98 Å². The molecule has 0 saturated carbocycles. The maximum absolute atomic E-state index is 14.0. The number of rotatable bonds is 7. The van der Waals surface area contributed by atoms with Crippen LogP contribution >= 0.6 is 0 Å². The van der Waals surface area contributed by atoms with Crippen molar-refractivity contribution < 1.29 is 22.6 Å². The Morgan fingerprint density at radius 2 is 1.72 bits per heavy atom. The van der Waals surface area contributed by atoms with Crippen molar-refractivity contribution in [1.29, 1.82) is 0 Å². The molecule has 39 heavy (non-hydrogen) atoms. The summed E-state index contributed by atoms with van der Waals surface area (Å²) in [6.45, 7) is 8.34. The Balaban J connectivity index is 1.57. The molecule has 1 aliphatic rings. The lowest BCUT2D eigenvalue weighted by atomic mass is 10.0. The molecule has 3 heterocycles. The molecule has 1 fully saturated rings. The number of benzene rings is 2. The molecule has 0 bridgehead atoms. The fraction of sp³-hybridized carbons (Fsp3) is 0.448. The minimum absolute atomic E-state index is 0.0504. The molecule has 1 saturated heterocycles. The number of aryl methyl sites for hydroxylation is 1. The Labute approximate surface area is 226 Å². The molecule has 1 aliphatic heterocycles. The Morgan fingerprint density at radius 3 is 2.41 bits per heavy atom. The van der Waals surface area contributed by atoms with E-state index in [4.69, 9.17) is 14.5 Å². The highest BCUT2D eigenvalue weighted by atomic mass is 19.4. The van der Waals surface area contributed by atoms with Gasteiger partial charge in [0.05, 0.1) is 52.8 Å². The van der Waals surface area contributed by atoms with Gasteiger partial charge in [-0.05, 0) is 76.7 Å². The van der Waals surface area contributed by atoms with E-state index >= 15 is 0 Å². The van der Waals surface area contributed by atoms with Crippen molar-refractivity contribution in [2.45, 2.75) is 45.6 Å². The number of morpholine rings is 1. The van der Waals surface area contributed by atoms with E-state index in [0.29, 0.717) is 30.6 Å². The average molecular weight is 542 g/mol. The first-order valence-electron chi connectivity index (χ1n) is 13.2. The Hall–Kier alpha value is -3.37. The molecular weight excluding hydrogens is 507 g/mol. The number of hydrogen-bond donors (Lipinski definition) is 0. The third kappa shape index (κ3) is 5.67. The predicted molar refractivity (Wildman–Crippen MR) is 147 cm³/mol. The third-order valence-corrected chi connectivity index (χ3v) is 6.95. The number of fused-ring (bicyclic) bond motifs is 3. The van der Waals surface area contributed by atoms with Crippen molar-refractivity contribution in [3.8, 4) is 16.9 Å². The summed E-state index contributed by atoms with van der Waals surface area (Å²) in [6, 6.07) is 9.79. The number of anilines is 1. The zero-order valence-electron chi connectivity index (χ0n) is 22.9. The second-order valence-electron chi connectivity index (χ2n) is 10.6. The van der Waals surface area contributed by atoms with E-state index in [9.17, 15) is 13.2 Å². The van der Waals surface area contributed by atoms with E-state index in [1.165, 1.54) is 12.1 Å². The Kier molecular flexibility index (Phi) is 7.43. The molecule has 0 spiro atoms. The largest absolute Gasteiger partial charge is 0.493 e. The molecule has 7 nitrogen and oxygen atoms in total. The first-order valence-corrected chi connectivity index (χ1v) is 13.2. The summed E-state index contributed by atoms with van der Waals surface area (Å²) in [7, 11) is 3.83. The van der Waals surface area contributed by atoms with Gasteiger partial charge in [0.1, 0.15) is 5.75 Å². The fourth-order valence-corrected chi connectivity index (χ4v) is 5.21. The van der Waals surface area contributed by atoms with E-state index < -0.39 is 11.7 Å². The van der Waals surface area contributed by atoms with Crippen LogP contribution in [0.1, 0.15) is 31.5 Å². The lowest BCUT2D eigenvalue weighted by Gasteiger charge is -2.35. The summed E-state index contributed by atoms with van der Waals surface area (Å²) in [5.74, 6) is 0.629. The number of hydrogen-bond acceptors (Lipinski definition) is 6. The lowest BCUT2D eigenvalue weighted by Crippen LogP contribution is -2.46. The topological polar surface area (TPSA) is 55.1 Å². The number of alkyl halides is 3. The molecule has 0 unspecified atom stereocenters. The first kappa shape index (κ1) is 27.2. The van der Waals surface area contributed by atoms with Crippen LogP contribution < -0.4 is 9.64 Å². The number of ether oxygens (including phenoxy) is 2. The molecule has 0 radical (unpaired) electrons. The van der Waals surface area contributed by atoms with Gasteiger partial charge in [-0.2, -0.15) is 13.2 Å². The maximum Gasteiger partial charge on any atom is 0.419 e. The summed E-state index contributed by atoms with van der Waals surface area (Å²) in [5.41, 5.74) is 3.54. The average Bonchev–Trinajstić information content (AvgIpc) is 3.22. The smallest absolute Gasteiger partial charge is 0.419 e. The molecule has 2 atom stereocenters. The molecule has 0 N–H and O–H groups in total. The summed E-state index contributed by atoms with van der Waals surface area (Å²) < 4.78 is 55.6. The summed E-state index contributed by atoms with van der Waals surface area (Å²) >= 11 is 0. The van der Waals surface area contributed by atoms with E-state index in [1.54, 1.807) is 18.3 Å². The fourth-order valence-electron chi connectivity index (χ4n) is 5.21. The second kappa shape index (κ2) is 10.7. The first-order chi connectivity index (χ1) is 18.5. The van der Waals surface area contributed by atoms with Crippen molar-refractivity contribution in [3.63, 3.8) is 0 Å². The van der Waals surface area contributed by atoms with Crippen molar-refractivity contribution >= 4 is 22.5 Å². The van der Waals surface area contributed by atoms with Crippen molar-refractivity contribution in [2.24, 2.45) is 0 Å². The number of nitrogens with zero attached hydrogens (tertiary/aromatic N) is 5. The van der Waals surface area contributed by atoms with Gasteiger partial charge in [-0.3, -0.25) is 9.38 Å². The zero-order chi connectivity index (χ0) is 27.9. The molecule has 10 heteroatoms. The number of imidazole rings is 1. The van der Waals surface area contributed by atoms with Crippen LogP contribution in [-0.4, -0.2) is 71.8 Å². The van der Waals surface area contributed by atoms with Crippen LogP contribution in [-0.2, 0) is 10.9 Å². The molecule has 2 aromatic heterocycles. The highest BCUT2D eigenvalue weighted by Crippen LogP contribution is 2.39. The van der Waals surface area contributed by atoms with Gasteiger partial charge in [0.15, 0.2) is 0 Å². The standard InChI is InChI=1S/C29H34F3N5O2/c1-18-16-36(17-19(2)39-18)28-34-20(3)26-15-33-24-9-7-22(14-25(24)37(26)28)21-8-10-27(23(13-21)29(30,31)32)38-12-6-11-35(4)5/h7-10,13-15,18-19H,6,11-12,16-17H2,1-5H3/t18-,19+.